The van der Waals surface area contributed by atoms with Crippen LogP contribution in [0.15, 0.2) is 53.5 Å². The predicted molar refractivity (Wildman–Crippen MR) is 115 cm³/mol. The fraction of sp³-hybridized carbons (Fsp3) is 0.409. The van der Waals surface area contributed by atoms with Crippen molar-refractivity contribution in [3.63, 3.8) is 0 Å². The van der Waals surface area contributed by atoms with Gasteiger partial charge in [0.2, 0.25) is 5.91 Å². The molecule has 8 nitrogen and oxygen atoms in total. The molecular weight excluding hydrogens is 384 g/mol. The molecule has 30 heavy (non-hydrogen) atoms. The molecule has 8 heteroatoms. The van der Waals surface area contributed by atoms with Crippen LogP contribution in [0.25, 0.3) is 0 Å². The first-order valence-corrected chi connectivity index (χ1v) is 10.1. The fourth-order valence-corrected chi connectivity index (χ4v) is 3.43. The van der Waals surface area contributed by atoms with Crippen LogP contribution in [0, 0.1) is 0 Å². The van der Waals surface area contributed by atoms with Crippen molar-refractivity contribution in [1.29, 1.82) is 0 Å². The Bertz CT molecular complexity index is 905. The molecule has 2 heterocycles. The maximum absolute atomic E-state index is 12.5. The zero-order valence-electron chi connectivity index (χ0n) is 17.3. The summed E-state index contributed by atoms with van der Waals surface area (Å²) in [6.07, 6.45) is 1.77. The lowest BCUT2D eigenvalue weighted by atomic mass is 10.2. The molecule has 1 aliphatic heterocycles. The summed E-state index contributed by atoms with van der Waals surface area (Å²) in [7, 11) is 1.56. The number of aromatic nitrogens is 1. The minimum absolute atomic E-state index is 0.0353. The standard InChI is InChI=1S/C22H28N4O4/c1-30-16-15-26-17-18(7-8-20(26)27)22(29)23-10-9-21(28)25-13-11-24(12-14-25)19-5-3-2-4-6-19/h2-8,17H,9-16H2,1H3,(H,23,29). The lowest BCUT2D eigenvalue weighted by Gasteiger charge is -2.36. The van der Waals surface area contributed by atoms with Crippen molar-refractivity contribution in [2.45, 2.75) is 13.0 Å². The van der Waals surface area contributed by atoms with Crippen molar-refractivity contribution in [2.24, 2.45) is 0 Å². The molecule has 0 aliphatic carbocycles. The number of amides is 2. The van der Waals surface area contributed by atoms with Gasteiger partial charge in [-0.3, -0.25) is 14.4 Å². The molecule has 2 amide bonds. The van der Waals surface area contributed by atoms with E-state index in [0.29, 0.717) is 31.8 Å². The van der Waals surface area contributed by atoms with Gasteiger partial charge in [-0.2, -0.15) is 0 Å². The van der Waals surface area contributed by atoms with Crippen LogP contribution < -0.4 is 15.8 Å². The monoisotopic (exact) mass is 412 g/mol. The molecule has 0 unspecified atom stereocenters. The van der Waals surface area contributed by atoms with E-state index in [0.717, 1.165) is 13.1 Å². The molecule has 1 aromatic heterocycles. The number of nitrogens with one attached hydrogen (secondary N) is 1. The van der Waals surface area contributed by atoms with Gasteiger partial charge in [0.25, 0.3) is 11.5 Å². The molecule has 2 aromatic rings. The number of ether oxygens (including phenoxy) is 1. The SMILES string of the molecule is COCCn1cc(C(=O)NCCC(=O)N2CCN(c3ccccc3)CC2)ccc1=O. The second kappa shape index (κ2) is 10.6. The number of pyridine rings is 1. The normalized spacial score (nSPS) is 13.9. The number of para-hydroxylation sites is 1. The predicted octanol–water partition coefficient (Wildman–Crippen LogP) is 0.963. The molecule has 1 aliphatic rings. The first-order chi connectivity index (χ1) is 14.6. The van der Waals surface area contributed by atoms with Crippen LogP contribution in [0.3, 0.4) is 0 Å². The van der Waals surface area contributed by atoms with Gasteiger partial charge in [0, 0.05) is 70.7 Å². The van der Waals surface area contributed by atoms with Crippen LogP contribution >= 0.6 is 0 Å². The Morgan fingerprint density at radius 2 is 1.77 bits per heavy atom. The first-order valence-electron chi connectivity index (χ1n) is 10.1. The van der Waals surface area contributed by atoms with E-state index in [1.165, 1.54) is 28.6 Å². The van der Waals surface area contributed by atoms with E-state index >= 15 is 0 Å². The summed E-state index contributed by atoms with van der Waals surface area (Å²) in [5.41, 5.74) is 1.37. The van der Waals surface area contributed by atoms with E-state index in [-0.39, 0.29) is 30.3 Å². The van der Waals surface area contributed by atoms with Gasteiger partial charge in [-0.05, 0) is 18.2 Å². The van der Waals surface area contributed by atoms with Crippen LogP contribution in [-0.2, 0) is 16.1 Å². The molecule has 0 saturated carbocycles. The quantitative estimate of drug-likeness (QED) is 0.698. The van der Waals surface area contributed by atoms with E-state index in [2.05, 4.69) is 22.3 Å². The molecule has 0 radical (unpaired) electrons. The second-order valence-electron chi connectivity index (χ2n) is 7.15. The number of carbonyl (C=O) groups is 2. The van der Waals surface area contributed by atoms with Crippen molar-refractivity contribution >= 4 is 17.5 Å². The van der Waals surface area contributed by atoms with Crippen molar-refractivity contribution in [1.82, 2.24) is 14.8 Å². The molecule has 1 N–H and O–H groups in total. The summed E-state index contributed by atoms with van der Waals surface area (Å²) in [5.74, 6) is -0.268. The number of carbonyl (C=O) groups excluding carboxylic acids is 2. The summed E-state index contributed by atoms with van der Waals surface area (Å²) >= 11 is 0. The van der Waals surface area contributed by atoms with Gasteiger partial charge in [-0.1, -0.05) is 18.2 Å². The highest BCUT2D eigenvalue weighted by Crippen LogP contribution is 2.15. The molecule has 0 atom stereocenters. The summed E-state index contributed by atoms with van der Waals surface area (Å²) in [6, 6.07) is 13.0. The molecule has 1 fully saturated rings. The van der Waals surface area contributed by atoms with E-state index in [9.17, 15) is 14.4 Å². The summed E-state index contributed by atoms with van der Waals surface area (Å²) in [4.78, 5) is 40.7. The van der Waals surface area contributed by atoms with Gasteiger partial charge >= 0.3 is 0 Å². The average Bonchev–Trinajstić information content (AvgIpc) is 2.79. The largest absolute Gasteiger partial charge is 0.383 e. The Morgan fingerprint density at radius 1 is 1.03 bits per heavy atom. The first kappa shape index (κ1) is 21.6. The molecular formula is C22H28N4O4. The molecule has 3 rings (SSSR count). The van der Waals surface area contributed by atoms with Gasteiger partial charge in [-0.25, -0.2) is 0 Å². The third kappa shape index (κ3) is 5.70. The highest BCUT2D eigenvalue weighted by atomic mass is 16.5. The highest BCUT2D eigenvalue weighted by molar-refractivity contribution is 5.94. The Hall–Kier alpha value is -3.13. The number of hydrogen-bond donors (Lipinski definition) is 1. The van der Waals surface area contributed by atoms with Crippen LogP contribution in [-0.4, -0.2) is 67.7 Å². The Morgan fingerprint density at radius 3 is 2.47 bits per heavy atom. The number of nitrogens with zero attached hydrogens (tertiary/aromatic N) is 3. The van der Waals surface area contributed by atoms with E-state index in [1.807, 2.05) is 23.1 Å². The average molecular weight is 412 g/mol. The van der Waals surface area contributed by atoms with Crippen molar-refractivity contribution < 1.29 is 14.3 Å². The molecule has 1 aromatic carbocycles. The van der Waals surface area contributed by atoms with E-state index in [4.69, 9.17) is 4.74 Å². The van der Waals surface area contributed by atoms with Crippen molar-refractivity contribution in [3.05, 3.63) is 64.6 Å². The number of piperazine rings is 1. The lowest BCUT2D eigenvalue weighted by Crippen LogP contribution is -2.49. The van der Waals surface area contributed by atoms with Gasteiger partial charge in [-0.15, -0.1) is 0 Å². The lowest BCUT2D eigenvalue weighted by molar-refractivity contribution is -0.131. The fourth-order valence-electron chi connectivity index (χ4n) is 3.43. The van der Waals surface area contributed by atoms with Gasteiger partial charge in [0.1, 0.15) is 0 Å². The zero-order valence-corrected chi connectivity index (χ0v) is 17.3. The minimum atomic E-state index is -0.303. The third-order valence-electron chi connectivity index (χ3n) is 5.16. The minimum Gasteiger partial charge on any atom is -0.383 e. The second-order valence-corrected chi connectivity index (χ2v) is 7.15. The summed E-state index contributed by atoms with van der Waals surface area (Å²) in [5, 5.41) is 2.76. The number of benzene rings is 1. The Labute approximate surface area is 176 Å². The molecule has 0 bridgehead atoms. The van der Waals surface area contributed by atoms with Crippen molar-refractivity contribution in [2.75, 3.05) is 51.3 Å². The summed E-state index contributed by atoms with van der Waals surface area (Å²) in [6.45, 7) is 3.96. The summed E-state index contributed by atoms with van der Waals surface area (Å²) < 4.78 is 6.42. The molecule has 0 spiro atoms. The van der Waals surface area contributed by atoms with Gasteiger partial charge < -0.3 is 24.4 Å². The molecule has 160 valence electrons. The smallest absolute Gasteiger partial charge is 0.252 e. The maximum atomic E-state index is 12.5. The van der Waals surface area contributed by atoms with Crippen molar-refractivity contribution in [3.8, 4) is 0 Å². The third-order valence-corrected chi connectivity index (χ3v) is 5.16. The number of hydrogen-bond acceptors (Lipinski definition) is 5. The number of methoxy groups -OCH3 is 1. The van der Waals surface area contributed by atoms with Crippen LogP contribution in [0.5, 0.6) is 0 Å². The van der Waals surface area contributed by atoms with Crippen LogP contribution in [0.2, 0.25) is 0 Å². The zero-order chi connectivity index (χ0) is 21.3. The Kier molecular flexibility index (Phi) is 7.62. The Balaban J connectivity index is 1.43. The van der Waals surface area contributed by atoms with E-state index < -0.39 is 0 Å². The topological polar surface area (TPSA) is 83.9 Å². The highest BCUT2D eigenvalue weighted by Gasteiger charge is 2.21. The maximum Gasteiger partial charge on any atom is 0.252 e. The van der Waals surface area contributed by atoms with Gasteiger partial charge in [0.15, 0.2) is 0 Å². The van der Waals surface area contributed by atoms with Crippen LogP contribution in [0.4, 0.5) is 5.69 Å². The van der Waals surface area contributed by atoms with Gasteiger partial charge in [0.05, 0.1) is 12.2 Å². The number of anilines is 1. The van der Waals surface area contributed by atoms with E-state index in [1.54, 1.807) is 7.11 Å². The molecule has 1 saturated heterocycles. The number of rotatable bonds is 8. The van der Waals surface area contributed by atoms with Crippen LogP contribution in [0.1, 0.15) is 16.8 Å².